The molecule has 2 N–H and O–H groups in total. The Morgan fingerprint density at radius 2 is 1.77 bits per heavy atom. The van der Waals surface area contributed by atoms with Crippen molar-refractivity contribution < 1.29 is 14.4 Å². The van der Waals surface area contributed by atoms with Gasteiger partial charge in [0, 0.05) is 31.9 Å². The molecule has 164 valence electrons. The Kier molecular flexibility index (Phi) is 7.18. The van der Waals surface area contributed by atoms with Gasteiger partial charge in [-0.05, 0) is 38.3 Å². The summed E-state index contributed by atoms with van der Waals surface area (Å²) in [6, 6.07) is 9.77. The highest BCUT2D eigenvalue weighted by molar-refractivity contribution is 5.96. The summed E-state index contributed by atoms with van der Waals surface area (Å²) in [5.41, 5.74) is 0.250. The van der Waals surface area contributed by atoms with E-state index in [-0.39, 0.29) is 24.4 Å². The van der Waals surface area contributed by atoms with Gasteiger partial charge in [-0.3, -0.25) is 9.59 Å². The summed E-state index contributed by atoms with van der Waals surface area (Å²) >= 11 is 0. The van der Waals surface area contributed by atoms with Crippen molar-refractivity contribution in [2.24, 2.45) is 0 Å². The molecule has 0 aromatic heterocycles. The highest BCUT2D eigenvalue weighted by Gasteiger charge is 2.54. The van der Waals surface area contributed by atoms with E-state index >= 15 is 0 Å². The number of rotatable bonds is 7. The highest BCUT2D eigenvalue weighted by Crippen LogP contribution is 2.39. The van der Waals surface area contributed by atoms with Gasteiger partial charge in [0.25, 0.3) is 5.91 Å². The SMILES string of the molecule is CCCCNC(=O)CN1CN(c2ccccc2)C2(CCN(C(=O)NCC)CC2)C1=O. The maximum absolute atomic E-state index is 13.5. The van der Waals surface area contributed by atoms with Gasteiger partial charge in [0.05, 0.1) is 6.67 Å². The number of hydrogen-bond acceptors (Lipinski definition) is 4. The van der Waals surface area contributed by atoms with Crippen LogP contribution < -0.4 is 15.5 Å². The zero-order chi connectivity index (χ0) is 21.6. The van der Waals surface area contributed by atoms with Crippen LogP contribution in [0.1, 0.15) is 39.5 Å². The van der Waals surface area contributed by atoms with Gasteiger partial charge in [-0.2, -0.15) is 0 Å². The monoisotopic (exact) mass is 415 g/mol. The molecule has 2 saturated heterocycles. The van der Waals surface area contributed by atoms with Crippen LogP contribution in [-0.4, -0.2) is 72.6 Å². The van der Waals surface area contributed by atoms with E-state index in [4.69, 9.17) is 0 Å². The van der Waals surface area contributed by atoms with Crippen LogP contribution in [0, 0.1) is 0 Å². The summed E-state index contributed by atoms with van der Waals surface area (Å²) in [5.74, 6) is -0.144. The maximum Gasteiger partial charge on any atom is 0.317 e. The molecule has 3 rings (SSSR count). The Labute approximate surface area is 178 Å². The average molecular weight is 416 g/mol. The topological polar surface area (TPSA) is 85.0 Å². The molecule has 1 aromatic rings. The van der Waals surface area contributed by atoms with Crippen molar-refractivity contribution in [3.63, 3.8) is 0 Å². The fraction of sp³-hybridized carbons (Fsp3) is 0.591. The van der Waals surface area contributed by atoms with Crippen LogP contribution in [0.15, 0.2) is 30.3 Å². The molecule has 1 spiro atoms. The van der Waals surface area contributed by atoms with Crippen molar-refractivity contribution in [1.82, 2.24) is 20.4 Å². The fourth-order valence-corrected chi connectivity index (χ4v) is 4.30. The molecule has 30 heavy (non-hydrogen) atoms. The van der Waals surface area contributed by atoms with Gasteiger partial charge < -0.3 is 25.3 Å². The third kappa shape index (κ3) is 4.52. The van der Waals surface area contributed by atoms with Crippen molar-refractivity contribution >= 4 is 23.5 Å². The Morgan fingerprint density at radius 3 is 2.40 bits per heavy atom. The predicted molar refractivity (Wildman–Crippen MR) is 116 cm³/mol. The van der Waals surface area contributed by atoms with Gasteiger partial charge in [-0.15, -0.1) is 0 Å². The van der Waals surface area contributed by atoms with Crippen LogP contribution in [0.3, 0.4) is 0 Å². The number of nitrogens with one attached hydrogen (secondary N) is 2. The number of carbonyl (C=O) groups is 3. The summed E-state index contributed by atoms with van der Waals surface area (Å²) in [6.07, 6.45) is 3.03. The van der Waals surface area contributed by atoms with Crippen LogP contribution in [0.2, 0.25) is 0 Å². The van der Waals surface area contributed by atoms with E-state index in [1.54, 1.807) is 9.80 Å². The van der Waals surface area contributed by atoms with E-state index in [1.807, 2.05) is 37.3 Å². The number of amides is 4. The van der Waals surface area contributed by atoms with Crippen LogP contribution in [0.5, 0.6) is 0 Å². The van der Waals surface area contributed by atoms with E-state index in [0.717, 1.165) is 18.5 Å². The lowest BCUT2D eigenvalue weighted by Crippen LogP contribution is -2.58. The zero-order valence-electron chi connectivity index (χ0n) is 18.0. The largest absolute Gasteiger partial charge is 0.355 e. The third-order valence-electron chi connectivity index (χ3n) is 5.97. The molecule has 0 bridgehead atoms. The van der Waals surface area contributed by atoms with Crippen molar-refractivity contribution in [1.29, 1.82) is 0 Å². The van der Waals surface area contributed by atoms with Gasteiger partial charge in [0.1, 0.15) is 12.1 Å². The Morgan fingerprint density at radius 1 is 1.07 bits per heavy atom. The number of likely N-dealkylation sites (tertiary alicyclic amines) is 1. The third-order valence-corrected chi connectivity index (χ3v) is 5.97. The molecule has 2 aliphatic rings. The van der Waals surface area contributed by atoms with Crippen molar-refractivity contribution in [2.75, 3.05) is 44.3 Å². The van der Waals surface area contributed by atoms with E-state index in [1.165, 1.54) is 0 Å². The molecule has 0 saturated carbocycles. The highest BCUT2D eigenvalue weighted by atomic mass is 16.2. The number of benzene rings is 1. The van der Waals surface area contributed by atoms with Crippen LogP contribution in [0.25, 0.3) is 0 Å². The lowest BCUT2D eigenvalue weighted by atomic mass is 9.85. The fourth-order valence-electron chi connectivity index (χ4n) is 4.30. The zero-order valence-corrected chi connectivity index (χ0v) is 18.0. The summed E-state index contributed by atoms with van der Waals surface area (Å²) < 4.78 is 0. The second kappa shape index (κ2) is 9.82. The number of piperidine rings is 1. The number of unbranched alkanes of at least 4 members (excludes halogenated alkanes) is 1. The number of nitrogens with zero attached hydrogens (tertiary/aromatic N) is 3. The predicted octanol–water partition coefficient (Wildman–Crippen LogP) is 1.77. The minimum Gasteiger partial charge on any atom is -0.355 e. The minimum absolute atomic E-state index is 0.0208. The van der Waals surface area contributed by atoms with Crippen LogP contribution in [0.4, 0.5) is 10.5 Å². The minimum atomic E-state index is -0.714. The molecule has 0 unspecified atom stereocenters. The molecule has 4 amide bonds. The molecule has 1 aromatic carbocycles. The van der Waals surface area contributed by atoms with Gasteiger partial charge in [-0.25, -0.2) is 4.79 Å². The number of urea groups is 1. The van der Waals surface area contributed by atoms with E-state index < -0.39 is 5.54 Å². The molecule has 0 aliphatic carbocycles. The first-order valence-corrected chi connectivity index (χ1v) is 10.9. The number of hydrogen-bond donors (Lipinski definition) is 2. The van der Waals surface area contributed by atoms with Gasteiger partial charge >= 0.3 is 6.03 Å². The lowest BCUT2D eigenvalue weighted by Gasteiger charge is -2.43. The van der Waals surface area contributed by atoms with Crippen molar-refractivity contribution in [3.05, 3.63) is 30.3 Å². The van der Waals surface area contributed by atoms with Gasteiger partial charge in [0.2, 0.25) is 5.91 Å². The molecule has 8 heteroatoms. The van der Waals surface area contributed by atoms with Crippen LogP contribution in [-0.2, 0) is 9.59 Å². The Balaban J connectivity index is 1.76. The van der Waals surface area contributed by atoms with E-state index in [0.29, 0.717) is 45.7 Å². The Hall–Kier alpha value is -2.77. The second-order valence-corrected chi connectivity index (χ2v) is 7.97. The number of para-hydroxylation sites is 1. The molecule has 0 radical (unpaired) electrons. The van der Waals surface area contributed by atoms with Crippen LogP contribution >= 0.6 is 0 Å². The summed E-state index contributed by atoms with van der Waals surface area (Å²) in [5, 5.41) is 5.73. The summed E-state index contributed by atoms with van der Waals surface area (Å²) in [6.45, 7) is 6.64. The van der Waals surface area contributed by atoms with E-state index in [2.05, 4.69) is 22.5 Å². The van der Waals surface area contributed by atoms with Crippen molar-refractivity contribution in [2.45, 2.75) is 45.1 Å². The first kappa shape index (κ1) is 21.9. The lowest BCUT2D eigenvalue weighted by molar-refractivity contribution is -0.137. The maximum atomic E-state index is 13.5. The van der Waals surface area contributed by atoms with E-state index in [9.17, 15) is 14.4 Å². The molecule has 0 atom stereocenters. The first-order chi connectivity index (χ1) is 14.5. The summed E-state index contributed by atoms with van der Waals surface area (Å²) in [4.78, 5) is 43.6. The average Bonchev–Trinajstić information content (AvgIpc) is 3.01. The standard InChI is InChI=1S/C22H33N5O3/c1-3-5-13-24-19(28)16-26-17-27(18-9-7-6-8-10-18)22(20(26)29)11-14-25(15-12-22)21(30)23-4-2/h6-10H,3-5,11-17H2,1-2H3,(H,23,30)(H,24,28). The molecular weight excluding hydrogens is 382 g/mol. The quantitative estimate of drug-likeness (QED) is 0.665. The molecule has 2 fully saturated rings. The molecule has 2 heterocycles. The molecule has 2 aliphatic heterocycles. The second-order valence-electron chi connectivity index (χ2n) is 7.97. The van der Waals surface area contributed by atoms with Gasteiger partial charge in [0.15, 0.2) is 0 Å². The normalized spacial score (nSPS) is 18.1. The molecule has 8 nitrogen and oxygen atoms in total. The van der Waals surface area contributed by atoms with Gasteiger partial charge in [-0.1, -0.05) is 31.5 Å². The van der Waals surface area contributed by atoms with Crippen molar-refractivity contribution in [3.8, 4) is 0 Å². The smallest absolute Gasteiger partial charge is 0.317 e. The molecular formula is C22H33N5O3. The first-order valence-electron chi connectivity index (χ1n) is 10.9. The summed E-state index contributed by atoms with van der Waals surface area (Å²) in [7, 11) is 0. The Bertz CT molecular complexity index is 746. The number of carbonyl (C=O) groups excluding carboxylic acids is 3. The number of anilines is 1.